The molecule has 1 aliphatic carbocycles. The topological polar surface area (TPSA) is 67.4 Å². The molecule has 2 N–H and O–H groups in total. The van der Waals surface area contributed by atoms with E-state index in [9.17, 15) is 9.59 Å². The van der Waals surface area contributed by atoms with Crippen LogP contribution in [-0.4, -0.2) is 37.1 Å². The van der Waals surface area contributed by atoms with E-state index in [1.807, 2.05) is 0 Å². The van der Waals surface area contributed by atoms with E-state index >= 15 is 0 Å². The van der Waals surface area contributed by atoms with Crippen LogP contribution < -0.4 is 10.6 Å². The number of esters is 1. The molecule has 2 fully saturated rings. The Morgan fingerprint density at radius 3 is 2.75 bits per heavy atom. The second kappa shape index (κ2) is 4.82. The second-order valence-corrected chi connectivity index (χ2v) is 4.51. The minimum absolute atomic E-state index is 0.0754. The van der Waals surface area contributed by atoms with Crippen LogP contribution in [0.2, 0.25) is 0 Å². The third-order valence-corrected chi connectivity index (χ3v) is 3.42. The predicted molar refractivity (Wildman–Crippen MR) is 57.7 cm³/mol. The van der Waals surface area contributed by atoms with Crippen molar-refractivity contribution in [3.63, 3.8) is 0 Å². The summed E-state index contributed by atoms with van der Waals surface area (Å²) in [6.07, 6.45) is 4.59. The first-order chi connectivity index (χ1) is 7.70. The Balaban J connectivity index is 1.95. The maximum absolute atomic E-state index is 11.7. The van der Waals surface area contributed by atoms with Gasteiger partial charge in [0.1, 0.15) is 0 Å². The zero-order valence-electron chi connectivity index (χ0n) is 9.49. The highest BCUT2D eigenvalue weighted by Gasteiger charge is 2.37. The van der Waals surface area contributed by atoms with Gasteiger partial charge in [-0.2, -0.15) is 0 Å². The van der Waals surface area contributed by atoms with E-state index in [0.717, 1.165) is 12.8 Å². The summed E-state index contributed by atoms with van der Waals surface area (Å²) in [4.78, 5) is 22.9. The van der Waals surface area contributed by atoms with Crippen LogP contribution in [0.25, 0.3) is 0 Å². The molecule has 1 heterocycles. The summed E-state index contributed by atoms with van der Waals surface area (Å²) in [6.45, 7) is 0. The van der Waals surface area contributed by atoms with E-state index in [4.69, 9.17) is 0 Å². The molecule has 16 heavy (non-hydrogen) atoms. The van der Waals surface area contributed by atoms with Crippen LogP contribution in [0.15, 0.2) is 0 Å². The van der Waals surface area contributed by atoms with E-state index in [2.05, 4.69) is 15.4 Å². The summed E-state index contributed by atoms with van der Waals surface area (Å²) in [6, 6.07) is 0.142. The fourth-order valence-corrected chi connectivity index (χ4v) is 2.52. The van der Waals surface area contributed by atoms with Crippen molar-refractivity contribution < 1.29 is 14.3 Å². The zero-order chi connectivity index (χ0) is 11.5. The van der Waals surface area contributed by atoms with E-state index in [0.29, 0.717) is 6.04 Å². The largest absolute Gasteiger partial charge is 0.469 e. The lowest BCUT2D eigenvalue weighted by atomic mass is 9.87. The molecule has 0 aromatic carbocycles. The SMILES string of the molecule is COC(=O)C[C@@H]1N[C@@H]2CCCC[C@H]2NC1=O. The lowest BCUT2D eigenvalue weighted by Crippen LogP contribution is -2.65. The lowest BCUT2D eigenvalue weighted by molar-refractivity contribution is -0.144. The number of nitrogens with one attached hydrogen (secondary N) is 2. The van der Waals surface area contributed by atoms with E-state index in [-0.39, 0.29) is 24.3 Å². The summed E-state index contributed by atoms with van der Waals surface area (Å²) in [7, 11) is 1.34. The Morgan fingerprint density at radius 2 is 2.06 bits per heavy atom. The monoisotopic (exact) mass is 226 g/mol. The number of methoxy groups -OCH3 is 1. The van der Waals surface area contributed by atoms with Crippen molar-refractivity contribution in [2.45, 2.75) is 50.2 Å². The second-order valence-electron chi connectivity index (χ2n) is 4.51. The van der Waals surface area contributed by atoms with E-state index < -0.39 is 6.04 Å². The van der Waals surface area contributed by atoms with Crippen molar-refractivity contribution in [1.29, 1.82) is 0 Å². The standard InChI is InChI=1S/C11H18N2O3/c1-16-10(14)6-9-11(15)13-8-5-3-2-4-7(8)12-9/h7-9,12H,2-6H2,1H3,(H,13,15)/t7-,8-,9+/m1/s1. The average molecular weight is 226 g/mol. The molecular weight excluding hydrogens is 208 g/mol. The van der Waals surface area contributed by atoms with Gasteiger partial charge in [-0.1, -0.05) is 12.8 Å². The van der Waals surface area contributed by atoms with Gasteiger partial charge in [0.25, 0.3) is 0 Å². The van der Waals surface area contributed by atoms with Gasteiger partial charge in [0.05, 0.1) is 19.6 Å². The highest BCUT2D eigenvalue weighted by atomic mass is 16.5. The number of carbonyl (C=O) groups excluding carboxylic acids is 2. The van der Waals surface area contributed by atoms with Gasteiger partial charge in [-0.3, -0.25) is 9.59 Å². The van der Waals surface area contributed by atoms with Crippen molar-refractivity contribution in [3.8, 4) is 0 Å². The molecular formula is C11H18N2O3. The molecule has 2 aliphatic rings. The van der Waals surface area contributed by atoms with Crippen LogP contribution in [0.5, 0.6) is 0 Å². The summed E-state index contributed by atoms with van der Waals surface area (Å²) < 4.78 is 4.58. The molecule has 0 spiro atoms. The molecule has 1 saturated carbocycles. The quantitative estimate of drug-likeness (QED) is 0.648. The maximum Gasteiger partial charge on any atom is 0.307 e. The van der Waals surface area contributed by atoms with Crippen molar-refractivity contribution in [1.82, 2.24) is 10.6 Å². The number of ether oxygens (including phenoxy) is 1. The zero-order valence-corrected chi connectivity index (χ0v) is 9.49. The third-order valence-electron chi connectivity index (χ3n) is 3.42. The molecule has 0 aromatic rings. The van der Waals surface area contributed by atoms with Crippen LogP contribution >= 0.6 is 0 Å². The Labute approximate surface area is 94.9 Å². The fraction of sp³-hybridized carbons (Fsp3) is 0.818. The summed E-state index contributed by atoms with van der Waals surface area (Å²) >= 11 is 0. The smallest absolute Gasteiger partial charge is 0.307 e. The molecule has 1 amide bonds. The van der Waals surface area contributed by atoms with Crippen molar-refractivity contribution in [3.05, 3.63) is 0 Å². The number of amides is 1. The highest BCUT2D eigenvalue weighted by molar-refractivity contribution is 5.87. The van der Waals surface area contributed by atoms with Crippen LogP contribution in [0.3, 0.4) is 0 Å². The number of piperazine rings is 1. The number of carbonyl (C=O) groups is 2. The Kier molecular flexibility index (Phi) is 3.43. The van der Waals surface area contributed by atoms with E-state index in [1.54, 1.807) is 0 Å². The molecule has 0 bridgehead atoms. The van der Waals surface area contributed by atoms with Gasteiger partial charge in [0.2, 0.25) is 5.91 Å². The molecule has 1 saturated heterocycles. The van der Waals surface area contributed by atoms with Crippen molar-refractivity contribution >= 4 is 11.9 Å². The number of fused-ring (bicyclic) bond motifs is 1. The molecule has 0 radical (unpaired) electrons. The van der Waals surface area contributed by atoms with E-state index in [1.165, 1.54) is 20.0 Å². The molecule has 2 rings (SSSR count). The van der Waals surface area contributed by atoms with Crippen LogP contribution in [0.4, 0.5) is 0 Å². The Bertz CT molecular complexity index is 293. The van der Waals surface area contributed by atoms with Crippen molar-refractivity contribution in [2.24, 2.45) is 0 Å². The number of hydrogen-bond donors (Lipinski definition) is 2. The summed E-state index contributed by atoms with van der Waals surface area (Å²) in [5, 5.41) is 6.25. The maximum atomic E-state index is 11.7. The molecule has 5 nitrogen and oxygen atoms in total. The molecule has 3 atom stereocenters. The van der Waals surface area contributed by atoms with Gasteiger partial charge in [0, 0.05) is 12.1 Å². The molecule has 5 heteroatoms. The van der Waals surface area contributed by atoms with Crippen molar-refractivity contribution in [2.75, 3.05) is 7.11 Å². The van der Waals surface area contributed by atoms with Crippen LogP contribution in [0.1, 0.15) is 32.1 Å². The first-order valence-electron chi connectivity index (χ1n) is 5.84. The number of hydrogen-bond acceptors (Lipinski definition) is 4. The van der Waals surface area contributed by atoms with Crippen LogP contribution in [-0.2, 0) is 14.3 Å². The van der Waals surface area contributed by atoms with Gasteiger partial charge in [-0.05, 0) is 12.8 Å². The van der Waals surface area contributed by atoms with Gasteiger partial charge in [-0.25, -0.2) is 0 Å². The van der Waals surface area contributed by atoms with Gasteiger partial charge < -0.3 is 15.4 Å². The van der Waals surface area contributed by atoms with Gasteiger partial charge in [-0.15, -0.1) is 0 Å². The molecule has 0 aromatic heterocycles. The summed E-state index contributed by atoms with van der Waals surface area (Å²) in [5.74, 6) is -0.421. The minimum atomic E-state index is -0.424. The third kappa shape index (κ3) is 2.35. The molecule has 90 valence electrons. The molecule has 1 aliphatic heterocycles. The fourth-order valence-electron chi connectivity index (χ4n) is 2.52. The Morgan fingerprint density at radius 1 is 1.38 bits per heavy atom. The normalized spacial score (nSPS) is 33.8. The molecule has 0 unspecified atom stereocenters. The van der Waals surface area contributed by atoms with Gasteiger partial charge >= 0.3 is 5.97 Å². The van der Waals surface area contributed by atoms with Gasteiger partial charge in [0.15, 0.2) is 0 Å². The first kappa shape index (κ1) is 11.4. The lowest BCUT2D eigenvalue weighted by Gasteiger charge is -2.40. The Hall–Kier alpha value is -1.10. The first-order valence-corrected chi connectivity index (χ1v) is 5.84. The average Bonchev–Trinajstić information content (AvgIpc) is 2.30. The minimum Gasteiger partial charge on any atom is -0.469 e. The number of rotatable bonds is 2. The summed E-state index contributed by atoms with van der Waals surface area (Å²) in [5.41, 5.74) is 0. The predicted octanol–water partition coefficient (Wildman–Crippen LogP) is -0.0513. The van der Waals surface area contributed by atoms with Crippen LogP contribution in [0, 0.1) is 0 Å². The highest BCUT2D eigenvalue weighted by Crippen LogP contribution is 2.22.